The smallest absolute Gasteiger partial charge is 0.266 e. The molecule has 0 aliphatic carbocycles. The van der Waals surface area contributed by atoms with Crippen LogP contribution in [0.25, 0.3) is 0 Å². The zero-order chi connectivity index (χ0) is 10.9. The van der Waals surface area contributed by atoms with E-state index < -0.39 is 6.43 Å². The van der Waals surface area contributed by atoms with Gasteiger partial charge in [0.1, 0.15) is 0 Å². The lowest BCUT2D eigenvalue weighted by Gasteiger charge is -2.11. The van der Waals surface area contributed by atoms with E-state index in [0.717, 1.165) is 0 Å². The number of Topliss-reactive ketones (excluding diaryl/α,β-unsaturated/α-hetero) is 1. The number of alkyl halides is 2. The molecule has 14 heavy (non-hydrogen) atoms. The lowest BCUT2D eigenvalue weighted by Crippen LogP contribution is -2.04. The summed E-state index contributed by atoms with van der Waals surface area (Å²) in [5, 5.41) is 0. The summed E-state index contributed by atoms with van der Waals surface area (Å²) in [5.41, 5.74) is 5.76. The van der Waals surface area contributed by atoms with Gasteiger partial charge in [0.2, 0.25) is 0 Å². The van der Waals surface area contributed by atoms with Crippen LogP contribution in [0, 0.1) is 6.92 Å². The van der Waals surface area contributed by atoms with Gasteiger partial charge in [-0.15, -0.1) is 0 Å². The minimum atomic E-state index is -2.64. The first-order valence-electron chi connectivity index (χ1n) is 4.13. The van der Waals surface area contributed by atoms with Crippen LogP contribution in [0.2, 0.25) is 0 Å². The van der Waals surface area contributed by atoms with Gasteiger partial charge in [0.25, 0.3) is 6.43 Å². The Bertz CT molecular complexity index is 375. The van der Waals surface area contributed by atoms with Crippen LogP contribution in [0.1, 0.15) is 34.8 Å². The van der Waals surface area contributed by atoms with Gasteiger partial charge >= 0.3 is 0 Å². The summed E-state index contributed by atoms with van der Waals surface area (Å²) in [6.45, 7) is 2.82. The van der Waals surface area contributed by atoms with Crippen molar-refractivity contribution in [2.45, 2.75) is 20.3 Å². The van der Waals surface area contributed by atoms with Crippen LogP contribution in [0.5, 0.6) is 0 Å². The van der Waals surface area contributed by atoms with Crippen molar-refractivity contribution in [3.63, 3.8) is 0 Å². The van der Waals surface area contributed by atoms with Crippen molar-refractivity contribution >= 4 is 11.5 Å². The minimum Gasteiger partial charge on any atom is -0.398 e. The van der Waals surface area contributed by atoms with E-state index in [2.05, 4.69) is 0 Å². The summed E-state index contributed by atoms with van der Waals surface area (Å²) in [5.74, 6) is -0.232. The number of rotatable bonds is 2. The quantitative estimate of drug-likeness (QED) is 0.587. The Morgan fingerprint density at radius 1 is 1.43 bits per heavy atom. The molecule has 0 amide bonds. The van der Waals surface area contributed by atoms with Gasteiger partial charge in [-0.05, 0) is 31.5 Å². The van der Waals surface area contributed by atoms with E-state index in [1.54, 1.807) is 0 Å². The van der Waals surface area contributed by atoms with E-state index >= 15 is 0 Å². The van der Waals surface area contributed by atoms with Crippen molar-refractivity contribution in [2.75, 3.05) is 5.73 Å². The Morgan fingerprint density at radius 2 is 2.00 bits per heavy atom. The lowest BCUT2D eigenvalue weighted by molar-refractivity contribution is 0.101. The van der Waals surface area contributed by atoms with Crippen molar-refractivity contribution in [3.05, 3.63) is 28.8 Å². The second kappa shape index (κ2) is 3.74. The fourth-order valence-electron chi connectivity index (χ4n) is 1.42. The van der Waals surface area contributed by atoms with Gasteiger partial charge in [0.05, 0.1) is 0 Å². The van der Waals surface area contributed by atoms with Crippen LogP contribution in [0.15, 0.2) is 12.1 Å². The number of benzene rings is 1. The highest BCUT2D eigenvalue weighted by Crippen LogP contribution is 2.30. The Morgan fingerprint density at radius 3 is 2.43 bits per heavy atom. The molecular formula is C10H11F2NO. The minimum absolute atomic E-state index is 0.0301. The molecule has 0 aliphatic heterocycles. The topological polar surface area (TPSA) is 43.1 Å². The largest absolute Gasteiger partial charge is 0.398 e. The van der Waals surface area contributed by atoms with E-state index in [1.165, 1.54) is 26.0 Å². The fourth-order valence-corrected chi connectivity index (χ4v) is 1.42. The summed E-state index contributed by atoms with van der Waals surface area (Å²) >= 11 is 0. The third kappa shape index (κ3) is 1.73. The first-order valence-corrected chi connectivity index (χ1v) is 4.13. The first-order chi connectivity index (χ1) is 6.45. The van der Waals surface area contributed by atoms with Crippen molar-refractivity contribution in [3.8, 4) is 0 Å². The lowest BCUT2D eigenvalue weighted by atomic mass is 9.98. The third-order valence-electron chi connectivity index (χ3n) is 2.15. The summed E-state index contributed by atoms with van der Waals surface area (Å²) < 4.78 is 25.1. The maximum atomic E-state index is 12.5. The normalized spacial score (nSPS) is 10.6. The molecule has 0 fully saturated rings. The molecular weight excluding hydrogens is 188 g/mol. The molecule has 0 unspecified atom stereocenters. The molecule has 0 bridgehead atoms. The fraction of sp³-hybridized carbons (Fsp3) is 0.300. The van der Waals surface area contributed by atoms with Crippen molar-refractivity contribution < 1.29 is 13.6 Å². The first kappa shape index (κ1) is 10.6. The molecule has 0 aliphatic rings. The number of hydrogen-bond donors (Lipinski definition) is 1. The van der Waals surface area contributed by atoms with Crippen LogP contribution in [0.4, 0.5) is 14.5 Å². The van der Waals surface area contributed by atoms with Crippen molar-refractivity contribution in [1.82, 2.24) is 0 Å². The van der Waals surface area contributed by atoms with Crippen LogP contribution in [-0.4, -0.2) is 5.78 Å². The molecule has 0 saturated carbocycles. The molecule has 2 N–H and O–H groups in total. The van der Waals surface area contributed by atoms with Gasteiger partial charge in [-0.25, -0.2) is 8.78 Å². The number of halogens is 2. The summed E-state index contributed by atoms with van der Waals surface area (Å²) in [6.07, 6.45) is -2.64. The number of nitrogens with two attached hydrogens (primary N) is 1. The Labute approximate surface area is 80.7 Å². The van der Waals surface area contributed by atoms with Crippen molar-refractivity contribution in [2.24, 2.45) is 0 Å². The summed E-state index contributed by atoms with van der Waals surface area (Å²) in [7, 11) is 0. The zero-order valence-electron chi connectivity index (χ0n) is 7.97. The maximum Gasteiger partial charge on any atom is 0.266 e. The number of carbonyl (C=O) groups is 1. The van der Waals surface area contributed by atoms with Crippen LogP contribution in [0.3, 0.4) is 0 Å². The molecule has 2 nitrogen and oxygen atoms in total. The van der Waals surface area contributed by atoms with E-state index in [0.29, 0.717) is 5.56 Å². The predicted molar refractivity (Wildman–Crippen MR) is 50.6 cm³/mol. The van der Waals surface area contributed by atoms with Gasteiger partial charge < -0.3 is 5.73 Å². The Kier molecular flexibility index (Phi) is 2.84. The Hall–Kier alpha value is -1.45. The molecule has 0 atom stereocenters. The standard InChI is InChI=1S/C10H11F2NO/c1-5-7(6(2)14)3-4-8(13)9(5)10(11)12/h3-4,10H,13H2,1-2H3. The number of nitrogen functional groups attached to an aromatic ring is 1. The highest BCUT2D eigenvalue weighted by Gasteiger charge is 2.18. The number of carbonyl (C=O) groups excluding carboxylic acids is 1. The van der Waals surface area contributed by atoms with Gasteiger partial charge in [0, 0.05) is 16.8 Å². The second-order valence-corrected chi connectivity index (χ2v) is 3.10. The van der Waals surface area contributed by atoms with Gasteiger partial charge in [-0.2, -0.15) is 0 Å². The molecule has 4 heteroatoms. The SMILES string of the molecule is CC(=O)c1ccc(N)c(C(F)F)c1C. The van der Waals surface area contributed by atoms with E-state index in [1.807, 2.05) is 0 Å². The summed E-state index contributed by atoms with van der Waals surface area (Å²) in [4.78, 5) is 11.1. The summed E-state index contributed by atoms with van der Waals surface area (Å²) in [6, 6.07) is 2.81. The van der Waals surface area contributed by atoms with Gasteiger partial charge in [0.15, 0.2) is 5.78 Å². The van der Waals surface area contributed by atoms with Crippen LogP contribution < -0.4 is 5.73 Å². The zero-order valence-corrected chi connectivity index (χ0v) is 7.97. The number of ketones is 1. The molecule has 1 aromatic rings. The van der Waals surface area contributed by atoms with Crippen LogP contribution in [-0.2, 0) is 0 Å². The van der Waals surface area contributed by atoms with Gasteiger partial charge in [-0.3, -0.25) is 4.79 Å². The van der Waals surface area contributed by atoms with E-state index in [4.69, 9.17) is 5.73 Å². The predicted octanol–water partition coefficient (Wildman–Crippen LogP) is 2.72. The molecule has 0 radical (unpaired) electrons. The molecule has 1 rings (SSSR count). The average molecular weight is 199 g/mol. The molecule has 1 aromatic carbocycles. The highest BCUT2D eigenvalue weighted by molar-refractivity contribution is 5.96. The molecule has 0 aromatic heterocycles. The van der Waals surface area contributed by atoms with Gasteiger partial charge in [-0.1, -0.05) is 0 Å². The van der Waals surface area contributed by atoms with E-state index in [-0.39, 0.29) is 22.6 Å². The van der Waals surface area contributed by atoms with Crippen LogP contribution >= 0.6 is 0 Å². The van der Waals surface area contributed by atoms with Crippen molar-refractivity contribution in [1.29, 1.82) is 0 Å². The molecule has 0 saturated heterocycles. The number of hydrogen-bond acceptors (Lipinski definition) is 2. The average Bonchev–Trinajstić information content (AvgIpc) is 2.02. The third-order valence-corrected chi connectivity index (χ3v) is 2.15. The van der Waals surface area contributed by atoms with E-state index in [9.17, 15) is 13.6 Å². The maximum absolute atomic E-state index is 12.5. The molecule has 0 heterocycles. The molecule has 76 valence electrons. The molecule has 0 spiro atoms. The second-order valence-electron chi connectivity index (χ2n) is 3.10. The highest BCUT2D eigenvalue weighted by atomic mass is 19.3. The number of anilines is 1. The Balaban J connectivity index is 3.41. The monoisotopic (exact) mass is 199 g/mol.